The van der Waals surface area contributed by atoms with E-state index in [0.717, 1.165) is 6.26 Å². The van der Waals surface area contributed by atoms with Crippen LogP contribution < -0.4 is 0 Å². The van der Waals surface area contributed by atoms with Crippen molar-refractivity contribution in [1.82, 2.24) is 10.2 Å². The minimum atomic E-state index is -3.08. The molecule has 0 spiro atoms. The maximum Gasteiger partial charge on any atom is 0.165 e. The molecule has 6 heteroatoms. The van der Waals surface area contributed by atoms with Gasteiger partial charge >= 0.3 is 0 Å². The molecule has 1 aromatic rings. The highest BCUT2D eigenvalue weighted by atomic mass is 32.2. The van der Waals surface area contributed by atoms with Crippen molar-refractivity contribution >= 4 is 15.6 Å². The van der Waals surface area contributed by atoms with E-state index >= 15 is 0 Å². The third-order valence-electron chi connectivity index (χ3n) is 1.61. The molecule has 0 saturated heterocycles. The quantitative estimate of drug-likeness (QED) is 0.664. The lowest BCUT2D eigenvalue weighted by atomic mass is 10.2. The summed E-state index contributed by atoms with van der Waals surface area (Å²) in [6.45, 7) is 0. The van der Waals surface area contributed by atoms with Gasteiger partial charge in [0.05, 0.1) is 18.1 Å². The number of hydrogen-bond acceptors (Lipinski definition) is 5. The zero-order valence-corrected chi connectivity index (χ0v) is 8.49. The number of carbonyl (C=O) groups is 1. The molecule has 0 radical (unpaired) electrons. The summed E-state index contributed by atoms with van der Waals surface area (Å²) in [6.07, 6.45) is 3.81. The van der Waals surface area contributed by atoms with Crippen molar-refractivity contribution in [2.24, 2.45) is 0 Å². The fourth-order valence-electron chi connectivity index (χ4n) is 0.878. The van der Waals surface area contributed by atoms with E-state index in [-0.39, 0.29) is 18.0 Å². The molecular weight excluding hydrogens is 204 g/mol. The predicted octanol–water partition coefficient (Wildman–Crippen LogP) is 0.0940. The van der Waals surface area contributed by atoms with Gasteiger partial charge in [0.25, 0.3) is 0 Å². The first-order chi connectivity index (χ1) is 6.49. The predicted molar refractivity (Wildman–Crippen MR) is 50.7 cm³/mol. The Kier molecular flexibility index (Phi) is 3.29. The van der Waals surface area contributed by atoms with Crippen LogP contribution in [-0.4, -0.2) is 36.4 Å². The Morgan fingerprint density at radius 1 is 1.43 bits per heavy atom. The molecule has 0 aliphatic heterocycles. The average Bonchev–Trinajstić information content (AvgIpc) is 2.14. The second-order valence-electron chi connectivity index (χ2n) is 2.93. The Morgan fingerprint density at radius 2 is 2.14 bits per heavy atom. The van der Waals surface area contributed by atoms with Gasteiger partial charge in [-0.1, -0.05) is 0 Å². The molecule has 0 aliphatic rings. The highest BCUT2D eigenvalue weighted by Crippen LogP contribution is 2.01. The first-order valence-corrected chi connectivity index (χ1v) is 6.03. The van der Waals surface area contributed by atoms with Crippen molar-refractivity contribution in [3.63, 3.8) is 0 Å². The fraction of sp³-hybridized carbons (Fsp3) is 0.375. The molecule has 14 heavy (non-hydrogen) atoms. The van der Waals surface area contributed by atoms with Gasteiger partial charge in [-0.15, -0.1) is 0 Å². The van der Waals surface area contributed by atoms with E-state index in [9.17, 15) is 13.2 Å². The molecule has 0 fully saturated rings. The Hall–Kier alpha value is -1.30. The first-order valence-electron chi connectivity index (χ1n) is 3.97. The maximum absolute atomic E-state index is 11.4. The molecule has 0 bridgehead atoms. The molecule has 0 N–H and O–H groups in total. The summed E-state index contributed by atoms with van der Waals surface area (Å²) in [5, 5.41) is 7.05. The lowest BCUT2D eigenvalue weighted by Crippen LogP contribution is -2.09. The van der Waals surface area contributed by atoms with Crippen LogP contribution in [0.4, 0.5) is 0 Å². The lowest BCUT2D eigenvalue weighted by Gasteiger charge is -1.98. The Labute approximate surface area is 82.1 Å². The van der Waals surface area contributed by atoms with Gasteiger partial charge < -0.3 is 0 Å². The number of sulfone groups is 1. The topological polar surface area (TPSA) is 77.0 Å². The number of rotatable bonds is 4. The number of ketones is 1. The summed E-state index contributed by atoms with van der Waals surface area (Å²) in [6, 6.07) is 1.51. The number of Topliss-reactive ketones (excluding diaryl/α,β-unsaturated/α-hetero) is 1. The Bertz CT molecular complexity index is 413. The first kappa shape index (κ1) is 10.8. The van der Waals surface area contributed by atoms with E-state index in [4.69, 9.17) is 0 Å². The fourth-order valence-corrected chi connectivity index (χ4v) is 1.43. The van der Waals surface area contributed by atoms with Crippen LogP contribution in [-0.2, 0) is 9.84 Å². The zero-order chi connectivity index (χ0) is 10.6. The maximum atomic E-state index is 11.4. The summed E-state index contributed by atoms with van der Waals surface area (Å²) in [5.41, 5.74) is 0.392. The van der Waals surface area contributed by atoms with Crippen LogP contribution in [0.1, 0.15) is 16.8 Å². The van der Waals surface area contributed by atoms with E-state index in [1.807, 2.05) is 0 Å². The van der Waals surface area contributed by atoms with E-state index in [0.29, 0.717) is 5.56 Å². The highest BCUT2D eigenvalue weighted by Gasteiger charge is 2.09. The SMILES string of the molecule is CS(=O)(=O)CCC(=O)c1ccnnc1. The molecule has 0 amide bonds. The Morgan fingerprint density at radius 3 is 2.64 bits per heavy atom. The number of carbonyl (C=O) groups excluding carboxylic acids is 1. The standard InChI is InChI=1S/C8H10N2O3S/c1-14(12,13)5-3-8(11)7-2-4-9-10-6-7/h2,4,6H,3,5H2,1H3. The minimum Gasteiger partial charge on any atom is -0.294 e. The number of hydrogen-bond donors (Lipinski definition) is 0. The molecule has 1 heterocycles. The number of nitrogens with zero attached hydrogens (tertiary/aromatic N) is 2. The van der Waals surface area contributed by atoms with Gasteiger partial charge in [0, 0.05) is 18.2 Å². The van der Waals surface area contributed by atoms with Crippen molar-refractivity contribution in [2.45, 2.75) is 6.42 Å². The van der Waals surface area contributed by atoms with Crippen LogP contribution in [0.3, 0.4) is 0 Å². The molecule has 0 atom stereocenters. The van der Waals surface area contributed by atoms with Crippen molar-refractivity contribution < 1.29 is 13.2 Å². The van der Waals surface area contributed by atoms with Crippen LogP contribution in [0, 0.1) is 0 Å². The smallest absolute Gasteiger partial charge is 0.165 e. The van der Waals surface area contributed by atoms with Gasteiger partial charge in [0.1, 0.15) is 9.84 Å². The van der Waals surface area contributed by atoms with E-state index in [2.05, 4.69) is 10.2 Å². The van der Waals surface area contributed by atoms with Gasteiger partial charge in [-0.3, -0.25) is 4.79 Å². The van der Waals surface area contributed by atoms with Crippen molar-refractivity contribution in [3.05, 3.63) is 24.0 Å². The highest BCUT2D eigenvalue weighted by molar-refractivity contribution is 7.90. The van der Waals surface area contributed by atoms with Gasteiger partial charge in [0.15, 0.2) is 5.78 Å². The molecule has 0 unspecified atom stereocenters. The molecule has 0 saturated carbocycles. The molecular formula is C8H10N2O3S. The molecule has 0 aliphatic carbocycles. The Balaban J connectivity index is 2.61. The summed E-state index contributed by atoms with van der Waals surface area (Å²) in [4.78, 5) is 11.4. The van der Waals surface area contributed by atoms with Crippen LogP contribution >= 0.6 is 0 Å². The number of aromatic nitrogens is 2. The summed E-state index contributed by atoms with van der Waals surface area (Å²) >= 11 is 0. The third-order valence-corrected chi connectivity index (χ3v) is 2.55. The largest absolute Gasteiger partial charge is 0.294 e. The van der Waals surface area contributed by atoms with Gasteiger partial charge in [0.2, 0.25) is 0 Å². The van der Waals surface area contributed by atoms with Crippen LogP contribution in [0.15, 0.2) is 18.5 Å². The van der Waals surface area contributed by atoms with Crippen LogP contribution in [0.5, 0.6) is 0 Å². The van der Waals surface area contributed by atoms with Crippen LogP contribution in [0.25, 0.3) is 0 Å². The second-order valence-corrected chi connectivity index (χ2v) is 5.19. The summed E-state index contributed by atoms with van der Waals surface area (Å²) in [7, 11) is -3.08. The monoisotopic (exact) mass is 214 g/mol. The zero-order valence-electron chi connectivity index (χ0n) is 7.67. The molecule has 1 rings (SSSR count). The lowest BCUT2D eigenvalue weighted by molar-refractivity contribution is 0.0988. The van der Waals surface area contributed by atoms with Crippen molar-refractivity contribution in [3.8, 4) is 0 Å². The molecule has 76 valence electrons. The van der Waals surface area contributed by atoms with E-state index < -0.39 is 9.84 Å². The molecule has 5 nitrogen and oxygen atoms in total. The third kappa shape index (κ3) is 3.61. The normalized spacial score (nSPS) is 11.2. The molecule has 0 aromatic carbocycles. The van der Waals surface area contributed by atoms with E-state index in [1.165, 1.54) is 18.5 Å². The van der Waals surface area contributed by atoms with Crippen molar-refractivity contribution in [1.29, 1.82) is 0 Å². The van der Waals surface area contributed by atoms with Crippen LogP contribution in [0.2, 0.25) is 0 Å². The minimum absolute atomic E-state index is 0.00940. The summed E-state index contributed by atoms with van der Waals surface area (Å²) < 4.78 is 21.6. The van der Waals surface area contributed by atoms with Gasteiger partial charge in [-0.2, -0.15) is 10.2 Å². The molecule has 1 aromatic heterocycles. The van der Waals surface area contributed by atoms with Gasteiger partial charge in [-0.05, 0) is 6.07 Å². The second kappa shape index (κ2) is 4.28. The van der Waals surface area contributed by atoms with Crippen molar-refractivity contribution in [2.75, 3.05) is 12.0 Å². The van der Waals surface area contributed by atoms with E-state index in [1.54, 1.807) is 0 Å². The summed E-state index contributed by atoms with van der Waals surface area (Å²) in [5.74, 6) is -0.362. The van der Waals surface area contributed by atoms with Gasteiger partial charge in [-0.25, -0.2) is 8.42 Å². The average molecular weight is 214 g/mol.